The molecule has 0 saturated carbocycles. The molecule has 0 fully saturated rings. The van der Waals surface area contributed by atoms with Crippen molar-refractivity contribution in [1.82, 2.24) is 5.16 Å². The number of hydrogen-bond donors (Lipinski definition) is 0. The average Bonchev–Trinajstić information content (AvgIpc) is 3.00. The molecule has 20 heavy (non-hydrogen) atoms. The standard InChI is InChI=1S/C15H15NO4/c1-9-5-12-6-11(3-4-14(12)19-9)15-7-13(16-20-15)8-18-10(2)17/h3-4,6-7,9H,5,8H2,1-2H3. The van der Waals surface area contributed by atoms with E-state index < -0.39 is 0 Å². The summed E-state index contributed by atoms with van der Waals surface area (Å²) in [4.78, 5) is 10.8. The van der Waals surface area contributed by atoms with E-state index in [1.807, 2.05) is 19.1 Å². The number of esters is 1. The van der Waals surface area contributed by atoms with Gasteiger partial charge in [0.15, 0.2) is 5.76 Å². The minimum atomic E-state index is -0.335. The van der Waals surface area contributed by atoms with Crippen LogP contribution in [0.3, 0.4) is 0 Å². The Bertz CT molecular complexity index is 647. The van der Waals surface area contributed by atoms with Crippen LogP contribution in [-0.4, -0.2) is 17.2 Å². The van der Waals surface area contributed by atoms with Gasteiger partial charge in [0.1, 0.15) is 24.2 Å². The highest BCUT2D eigenvalue weighted by molar-refractivity contribution is 5.66. The lowest BCUT2D eigenvalue weighted by Crippen LogP contribution is -2.05. The summed E-state index contributed by atoms with van der Waals surface area (Å²) in [5.74, 6) is 1.26. The van der Waals surface area contributed by atoms with Crippen molar-refractivity contribution in [3.63, 3.8) is 0 Å². The molecule has 0 saturated heterocycles. The molecule has 0 radical (unpaired) electrons. The summed E-state index contributed by atoms with van der Waals surface area (Å²) in [6, 6.07) is 7.72. The Kier molecular flexibility index (Phi) is 3.18. The van der Waals surface area contributed by atoms with Crippen molar-refractivity contribution < 1.29 is 18.8 Å². The van der Waals surface area contributed by atoms with E-state index in [1.54, 1.807) is 6.07 Å². The zero-order valence-electron chi connectivity index (χ0n) is 11.4. The number of hydrogen-bond acceptors (Lipinski definition) is 5. The normalized spacial score (nSPS) is 16.6. The van der Waals surface area contributed by atoms with Crippen LogP contribution < -0.4 is 4.74 Å². The molecule has 2 aromatic rings. The molecule has 1 unspecified atom stereocenters. The van der Waals surface area contributed by atoms with Crippen molar-refractivity contribution in [1.29, 1.82) is 0 Å². The highest BCUT2D eigenvalue weighted by atomic mass is 16.5. The van der Waals surface area contributed by atoms with Crippen LogP contribution >= 0.6 is 0 Å². The third-order valence-electron chi connectivity index (χ3n) is 3.16. The Morgan fingerprint density at radius 1 is 1.45 bits per heavy atom. The van der Waals surface area contributed by atoms with E-state index in [9.17, 15) is 4.79 Å². The summed E-state index contributed by atoms with van der Waals surface area (Å²) < 4.78 is 15.8. The second-order valence-electron chi connectivity index (χ2n) is 4.92. The average molecular weight is 273 g/mol. The zero-order valence-corrected chi connectivity index (χ0v) is 11.4. The van der Waals surface area contributed by atoms with Gasteiger partial charge in [-0.3, -0.25) is 4.79 Å². The van der Waals surface area contributed by atoms with Crippen molar-refractivity contribution in [3.8, 4) is 17.1 Å². The Morgan fingerprint density at radius 3 is 3.10 bits per heavy atom. The first kappa shape index (κ1) is 12.7. The summed E-state index contributed by atoms with van der Waals surface area (Å²) in [7, 11) is 0. The number of benzene rings is 1. The van der Waals surface area contributed by atoms with Crippen LogP contribution in [0.5, 0.6) is 5.75 Å². The quantitative estimate of drug-likeness (QED) is 0.805. The van der Waals surface area contributed by atoms with Gasteiger partial charge in [0.25, 0.3) is 0 Å². The fraction of sp³-hybridized carbons (Fsp3) is 0.333. The molecular weight excluding hydrogens is 258 g/mol. The SMILES string of the molecule is CC(=O)OCc1cc(-c2ccc3c(c2)CC(C)O3)on1. The molecule has 3 rings (SSSR count). The van der Waals surface area contributed by atoms with Crippen molar-refractivity contribution in [3.05, 3.63) is 35.5 Å². The minimum absolute atomic E-state index is 0.129. The zero-order chi connectivity index (χ0) is 14.1. The molecule has 0 amide bonds. The van der Waals surface area contributed by atoms with Gasteiger partial charge < -0.3 is 14.0 Å². The van der Waals surface area contributed by atoms with Gasteiger partial charge in [-0.25, -0.2) is 0 Å². The summed E-state index contributed by atoms with van der Waals surface area (Å²) in [6.45, 7) is 3.54. The maximum atomic E-state index is 10.8. The molecule has 1 aromatic carbocycles. The second-order valence-corrected chi connectivity index (χ2v) is 4.92. The molecule has 1 aromatic heterocycles. The van der Waals surface area contributed by atoms with Crippen LogP contribution in [0.25, 0.3) is 11.3 Å². The third-order valence-corrected chi connectivity index (χ3v) is 3.16. The molecule has 5 nitrogen and oxygen atoms in total. The predicted molar refractivity (Wildman–Crippen MR) is 71.2 cm³/mol. The number of rotatable bonds is 3. The van der Waals surface area contributed by atoms with Crippen molar-refractivity contribution >= 4 is 5.97 Å². The van der Waals surface area contributed by atoms with E-state index in [0.29, 0.717) is 11.5 Å². The molecule has 2 heterocycles. The molecule has 1 aliphatic rings. The van der Waals surface area contributed by atoms with E-state index >= 15 is 0 Å². The maximum absolute atomic E-state index is 10.8. The molecule has 0 bridgehead atoms. The number of aromatic nitrogens is 1. The first-order chi connectivity index (χ1) is 9.61. The Balaban J connectivity index is 1.80. The molecule has 1 atom stereocenters. The molecular formula is C15H15NO4. The molecule has 104 valence electrons. The Hall–Kier alpha value is -2.30. The van der Waals surface area contributed by atoms with Crippen molar-refractivity contribution in [2.75, 3.05) is 0 Å². The lowest BCUT2D eigenvalue weighted by Gasteiger charge is -2.02. The van der Waals surface area contributed by atoms with Crippen LogP contribution in [0.2, 0.25) is 0 Å². The number of carbonyl (C=O) groups is 1. The minimum Gasteiger partial charge on any atom is -0.490 e. The molecule has 1 aliphatic heterocycles. The van der Waals surface area contributed by atoms with Crippen LogP contribution in [0, 0.1) is 0 Å². The van der Waals surface area contributed by atoms with Crippen LogP contribution in [0.1, 0.15) is 25.1 Å². The molecule has 0 N–H and O–H groups in total. The lowest BCUT2D eigenvalue weighted by atomic mass is 10.1. The monoisotopic (exact) mass is 273 g/mol. The van der Waals surface area contributed by atoms with E-state index in [2.05, 4.69) is 11.2 Å². The Labute approximate surface area is 116 Å². The number of carbonyl (C=O) groups excluding carboxylic acids is 1. The van der Waals surface area contributed by atoms with Gasteiger partial charge in [-0.05, 0) is 30.7 Å². The van der Waals surface area contributed by atoms with Gasteiger partial charge >= 0.3 is 5.97 Å². The number of fused-ring (bicyclic) bond motifs is 1. The van der Waals surface area contributed by atoms with E-state index in [-0.39, 0.29) is 18.7 Å². The molecule has 0 aliphatic carbocycles. The maximum Gasteiger partial charge on any atom is 0.303 e. The van der Waals surface area contributed by atoms with Crippen LogP contribution in [-0.2, 0) is 22.6 Å². The van der Waals surface area contributed by atoms with Gasteiger partial charge in [0.05, 0.1) is 0 Å². The highest BCUT2D eigenvalue weighted by Crippen LogP contribution is 2.33. The first-order valence-corrected chi connectivity index (χ1v) is 6.51. The number of nitrogens with zero attached hydrogens (tertiary/aromatic N) is 1. The van der Waals surface area contributed by atoms with Crippen molar-refractivity contribution in [2.45, 2.75) is 33.0 Å². The van der Waals surface area contributed by atoms with Crippen LogP contribution in [0.4, 0.5) is 0 Å². The predicted octanol–water partition coefficient (Wildman–Crippen LogP) is 2.73. The van der Waals surface area contributed by atoms with Gasteiger partial charge in [-0.1, -0.05) is 5.16 Å². The van der Waals surface area contributed by atoms with Gasteiger partial charge in [0.2, 0.25) is 0 Å². The summed E-state index contributed by atoms with van der Waals surface area (Å²) in [5, 5.41) is 3.89. The number of ether oxygens (including phenoxy) is 2. The fourth-order valence-electron chi connectivity index (χ4n) is 2.27. The van der Waals surface area contributed by atoms with E-state index in [4.69, 9.17) is 14.0 Å². The molecule has 0 spiro atoms. The smallest absolute Gasteiger partial charge is 0.303 e. The first-order valence-electron chi connectivity index (χ1n) is 6.51. The van der Waals surface area contributed by atoms with E-state index in [0.717, 1.165) is 17.7 Å². The fourth-order valence-corrected chi connectivity index (χ4v) is 2.27. The third kappa shape index (κ3) is 2.52. The lowest BCUT2D eigenvalue weighted by molar-refractivity contribution is -0.142. The van der Waals surface area contributed by atoms with Crippen molar-refractivity contribution in [2.24, 2.45) is 0 Å². The van der Waals surface area contributed by atoms with Gasteiger partial charge in [0, 0.05) is 25.0 Å². The van der Waals surface area contributed by atoms with Crippen LogP contribution in [0.15, 0.2) is 28.8 Å². The van der Waals surface area contributed by atoms with Gasteiger partial charge in [-0.15, -0.1) is 0 Å². The summed E-state index contributed by atoms with van der Waals surface area (Å²) >= 11 is 0. The topological polar surface area (TPSA) is 61.6 Å². The second kappa shape index (κ2) is 5.00. The largest absolute Gasteiger partial charge is 0.490 e. The molecule has 5 heteroatoms. The van der Waals surface area contributed by atoms with E-state index in [1.165, 1.54) is 12.5 Å². The summed E-state index contributed by atoms with van der Waals surface area (Å²) in [6.07, 6.45) is 1.12. The van der Waals surface area contributed by atoms with Gasteiger partial charge in [-0.2, -0.15) is 0 Å². The Morgan fingerprint density at radius 2 is 2.30 bits per heavy atom. The highest BCUT2D eigenvalue weighted by Gasteiger charge is 2.20. The summed E-state index contributed by atoms with van der Waals surface area (Å²) in [5.41, 5.74) is 2.72.